The molecule has 3 aliphatic rings. The van der Waals surface area contributed by atoms with Crippen molar-refractivity contribution in [3.05, 3.63) is 64.5 Å². The number of halogens is 1. The van der Waals surface area contributed by atoms with Crippen LogP contribution in [0.1, 0.15) is 71.7 Å². The summed E-state index contributed by atoms with van der Waals surface area (Å²) in [6.45, 7) is 6.99. The number of nitrogens with zero attached hydrogens (tertiary/aromatic N) is 2. The number of amides is 3. The van der Waals surface area contributed by atoms with Crippen LogP contribution >= 0.6 is 0 Å². The van der Waals surface area contributed by atoms with Gasteiger partial charge in [-0.3, -0.25) is 24.6 Å². The predicted octanol–water partition coefficient (Wildman–Crippen LogP) is 3.56. The average molecular weight is 527 g/mol. The highest BCUT2D eigenvalue weighted by atomic mass is 19.1. The van der Waals surface area contributed by atoms with E-state index in [1.807, 2.05) is 27.7 Å². The highest BCUT2D eigenvalue weighted by molar-refractivity contribution is 6.05. The van der Waals surface area contributed by atoms with Gasteiger partial charge in [0.2, 0.25) is 11.8 Å². The zero-order chi connectivity index (χ0) is 30.0. The molecule has 1 atom stereocenters. The molecule has 2 fully saturated rings. The van der Waals surface area contributed by atoms with Gasteiger partial charge in [-0.15, -0.1) is 0 Å². The number of hydrogen-bond acceptors (Lipinski definition) is 6. The first-order valence-corrected chi connectivity index (χ1v) is 12.7. The van der Waals surface area contributed by atoms with Gasteiger partial charge in [0.1, 0.15) is 24.1 Å². The molecule has 1 N–H and O–H groups in total. The van der Waals surface area contributed by atoms with Crippen LogP contribution in [0.25, 0.3) is 0 Å². The maximum absolute atomic E-state index is 15.0. The number of morpholine rings is 1. The van der Waals surface area contributed by atoms with Crippen LogP contribution in [-0.2, 0) is 34.0 Å². The van der Waals surface area contributed by atoms with E-state index in [9.17, 15) is 14.4 Å². The van der Waals surface area contributed by atoms with Crippen molar-refractivity contribution in [1.82, 2.24) is 15.1 Å². The number of rotatable bonds is 6. The third kappa shape index (κ3) is 5.44. The van der Waals surface area contributed by atoms with E-state index in [1.165, 1.54) is 30.3 Å². The van der Waals surface area contributed by atoms with Crippen molar-refractivity contribution in [2.45, 2.75) is 77.4 Å². The van der Waals surface area contributed by atoms with Gasteiger partial charge in [-0.05, 0) is 63.9 Å². The fraction of sp³-hybridized carbons (Fsp3) is 0.483. The molecule has 2 aromatic rings. The molecule has 2 aromatic carbocycles. The van der Waals surface area contributed by atoms with Crippen molar-refractivity contribution < 1.29 is 32.4 Å². The number of benzene rings is 2. The largest absolute Gasteiger partial charge is 0.488 e. The van der Waals surface area contributed by atoms with Gasteiger partial charge >= 0.3 is 0 Å². The van der Waals surface area contributed by atoms with E-state index in [0.717, 1.165) is 4.90 Å². The molecule has 0 aromatic heterocycles. The number of imide groups is 1. The Labute approximate surface area is 226 Å². The summed E-state index contributed by atoms with van der Waals surface area (Å²) in [6, 6.07) is 6.76. The first-order valence-electron chi connectivity index (χ1n) is 14.2. The minimum absolute atomic E-state index is 0.000672. The third-order valence-electron chi connectivity index (χ3n) is 6.82. The van der Waals surface area contributed by atoms with Crippen molar-refractivity contribution in [3.63, 3.8) is 0 Å². The summed E-state index contributed by atoms with van der Waals surface area (Å²) in [6.07, 6.45) is -0.250. The average Bonchev–Trinajstić information content (AvgIpc) is 3.19. The number of nitrogens with one attached hydrogen (secondary N) is 1. The molecule has 0 spiro atoms. The quantitative estimate of drug-likeness (QED) is 0.580. The molecule has 8 nitrogen and oxygen atoms in total. The Morgan fingerprint density at radius 3 is 2.61 bits per heavy atom. The normalized spacial score (nSPS) is 26.3. The maximum Gasteiger partial charge on any atom is 0.255 e. The zero-order valence-corrected chi connectivity index (χ0v) is 22.0. The topological polar surface area (TPSA) is 88.2 Å². The number of ether oxygens (including phenoxy) is 2. The summed E-state index contributed by atoms with van der Waals surface area (Å²) in [5.41, 5.74) is 0.0895. The van der Waals surface area contributed by atoms with E-state index >= 15 is 4.39 Å². The minimum atomic E-state index is -2.61. The van der Waals surface area contributed by atoms with Gasteiger partial charge in [0.05, 0.1) is 21.9 Å². The zero-order valence-electron chi connectivity index (χ0n) is 25.0. The fourth-order valence-electron chi connectivity index (χ4n) is 5.66. The molecular weight excluding hydrogens is 489 g/mol. The van der Waals surface area contributed by atoms with E-state index < -0.39 is 36.1 Å². The smallest absolute Gasteiger partial charge is 0.255 e. The van der Waals surface area contributed by atoms with Crippen molar-refractivity contribution >= 4 is 17.7 Å². The molecule has 2 saturated heterocycles. The Morgan fingerprint density at radius 2 is 1.89 bits per heavy atom. The van der Waals surface area contributed by atoms with Gasteiger partial charge in [-0.2, -0.15) is 0 Å². The monoisotopic (exact) mass is 526 g/mol. The molecule has 0 aliphatic carbocycles. The van der Waals surface area contributed by atoms with E-state index in [0.29, 0.717) is 25.2 Å². The van der Waals surface area contributed by atoms with Gasteiger partial charge < -0.3 is 14.4 Å². The lowest BCUT2D eigenvalue weighted by Crippen LogP contribution is -2.56. The fourth-order valence-corrected chi connectivity index (χ4v) is 5.66. The molecule has 3 aliphatic heterocycles. The van der Waals surface area contributed by atoms with Gasteiger partial charge in [0, 0.05) is 42.7 Å². The van der Waals surface area contributed by atoms with Crippen LogP contribution in [0.4, 0.5) is 4.39 Å². The summed E-state index contributed by atoms with van der Waals surface area (Å²) in [4.78, 5) is 40.6. The summed E-state index contributed by atoms with van der Waals surface area (Å²) in [5.74, 6) is -2.78. The third-order valence-corrected chi connectivity index (χ3v) is 6.82. The van der Waals surface area contributed by atoms with Crippen LogP contribution in [0.3, 0.4) is 0 Å². The highest BCUT2D eigenvalue weighted by Gasteiger charge is 2.40. The van der Waals surface area contributed by atoms with E-state index in [1.54, 1.807) is 6.07 Å². The maximum atomic E-state index is 15.0. The number of hydrogen-bond donors (Lipinski definition) is 1. The Bertz CT molecular complexity index is 1420. The lowest BCUT2D eigenvalue weighted by atomic mass is 9.98. The predicted molar refractivity (Wildman–Crippen MR) is 138 cm³/mol. The second-order valence-corrected chi connectivity index (χ2v) is 11.3. The van der Waals surface area contributed by atoms with Gasteiger partial charge in [-0.1, -0.05) is 12.1 Å². The minimum Gasteiger partial charge on any atom is -0.488 e. The lowest BCUT2D eigenvalue weighted by molar-refractivity contribution is -0.182. The van der Waals surface area contributed by atoms with Crippen LogP contribution in [0.5, 0.6) is 5.75 Å². The lowest BCUT2D eigenvalue weighted by Gasteiger charge is -2.47. The van der Waals surface area contributed by atoms with Crippen LogP contribution in [0.15, 0.2) is 36.4 Å². The second-order valence-electron chi connectivity index (χ2n) is 11.3. The molecule has 3 heterocycles. The molecule has 0 bridgehead atoms. The van der Waals surface area contributed by atoms with Crippen LogP contribution in [-0.4, -0.2) is 57.8 Å². The standard InChI is InChI=1S/C29H34FN3O5/c1-28(2)16-32(17-29(3,4)38-28)13-18-8-9-22(30)19(12-18)15-37-24-7-5-6-20-21(24)14-33(27(20)36)23-10-11-25(34)31-26(23)35/h5-9,12,23H,10-11,13-17H2,1-4H3,(H,31,34,35)/i15D2,23D. The van der Waals surface area contributed by atoms with Crippen LogP contribution in [0, 0.1) is 5.82 Å². The van der Waals surface area contributed by atoms with E-state index in [4.69, 9.17) is 13.6 Å². The number of carbonyl (C=O) groups is 3. The summed E-state index contributed by atoms with van der Waals surface area (Å²) < 4.78 is 53.0. The van der Waals surface area contributed by atoms with Gasteiger partial charge in [0.25, 0.3) is 5.91 Å². The van der Waals surface area contributed by atoms with Gasteiger partial charge in [0.15, 0.2) is 0 Å². The SMILES string of the molecule is [2H]C([2H])(Oc1cccc2c1CN(C1([2H])CCC(=O)NC1=O)C2=O)c1cc(CN2CC(C)(C)OC(C)(C)C2)ccc1F. The van der Waals surface area contributed by atoms with E-state index in [2.05, 4.69) is 10.2 Å². The molecule has 38 heavy (non-hydrogen) atoms. The molecule has 202 valence electrons. The second kappa shape index (κ2) is 9.78. The first-order chi connectivity index (χ1) is 19.0. The molecular formula is C29H34FN3O5. The molecule has 5 rings (SSSR count). The Morgan fingerprint density at radius 1 is 1.16 bits per heavy atom. The number of fused-ring (bicyclic) bond motifs is 1. The van der Waals surface area contributed by atoms with Crippen molar-refractivity contribution in [2.75, 3.05) is 13.1 Å². The Hall–Kier alpha value is -3.30. The van der Waals surface area contributed by atoms with E-state index in [-0.39, 0.29) is 53.0 Å². The molecule has 1 unspecified atom stereocenters. The molecule has 0 radical (unpaired) electrons. The number of carbonyl (C=O) groups excluding carboxylic acids is 3. The van der Waals surface area contributed by atoms with Crippen LogP contribution in [0.2, 0.25) is 0 Å². The number of piperidine rings is 1. The van der Waals surface area contributed by atoms with Crippen molar-refractivity contribution in [3.8, 4) is 5.75 Å². The Kier molecular flexibility index (Phi) is 5.83. The molecule has 3 amide bonds. The first kappa shape index (κ1) is 22.7. The van der Waals surface area contributed by atoms with Gasteiger partial charge in [-0.25, -0.2) is 4.39 Å². The summed E-state index contributed by atoms with van der Waals surface area (Å²) in [7, 11) is 0. The molecule has 9 heteroatoms. The Balaban J connectivity index is 1.39. The molecule has 0 saturated carbocycles. The summed E-state index contributed by atoms with van der Waals surface area (Å²) in [5, 5.41) is 2.12. The van der Waals surface area contributed by atoms with Crippen LogP contribution < -0.4 is 10.1 Å². The summed E-state index contributed by atoms with van der Waals surface area (Å²) >= 11 is 0. The van der Waals surface area contributed by atoms with Crippen molar-refractivity contribution in [1.29, 1.82) is 0 Å². The highest BCUT2D eigenvalue weighted by Crippen LogP contribution is 2.34. The van der Waals surface area contributed by atoms with Crippen molar-refractivity contribution in [2.24, 2.45) is 0 Å².